The molecule has 1 aliphatic carbocycles. The highest BCUT2D eigenvalue weighted by molar-refractivity contribution is 5.94. The summed E-state index contributed by atoms with van der Waals surface area (Å²) in [5.41, 5.74) is 11.8. The average Bonchev–Trinajstić information content (AvgIpc) is 3.18. The van der Waals surface area contributed by atoms with Crippen LogP contribution in [0.1, 0.15) is 34.1 Å². The lowest BCUT2D eigenvalue weighted by Gasteiger charge is -2.27. The topological polar surface area (TPSA) is 72.2 Å². The number of fused-ring (bicyclic) bond motifs is 3. The molecule has 2 amide bonds. The fraction of sp³-hybridized carbons (Fsp3) is 0.103. The summed E-state index contributed by atoms with van der Waals surface area (Å²) in [6, 6.07) is 34.3. The van der Waals surface area contributed by atoms with Gasteiger partial charge in [0.1, 0.15) is 6.04 Å². The lowest BCUT2D eigenvalue weighted by molar-refractivity contribution is -0.128. The largest absolute Gasteiger partial charge is 0.368 e. The molecule has 162 valence electrons. The van der Waals surface area contributed by atoms with E-state index in [1.54, 1.807) is 0 Å². The first kappa shape index (κ1) is 20.7. The van der Waals surface area contributed by atoms with Crippen molar-refractivity contribution in [3.05, 3.63) is 131 Å². The first-order valence-corrected chi connectivity index (χ1v) is 11.0. The van der Waals surface area contributed by atoms with E-state index in [1.165, 1.54) is 0 Å². The van der Waals surface area contributed by atoms with Crippen LogP contribution in [-0.4, -0.2) is 17.9 Å². The van der Waals surface area contributed by atoms with Crippen LogP contribution in [0.2, 0.25) is 0 Å². The zero-order valence-electron chi connectivity index (χ0n) is 18.0. The number of carbonyl (C=O) groups is 2. The fourth-order valence-corrected chi connectivity index (χ4v) is 4.90. The van der Waals surface area contributed by atoms with Crippen LogP contribution in [0.5, 0.6) is 0 Å². The van der Waals surface area contributed by atoms with Crippen molar-refractivity contribution >= 4 is 11.8 Å². The molecule has 0 radical (unpaired) electrons. The monoisotopic (exact) mass is 432 g/mol. The Hall–Kier alpha value is -4.18. The molecule has 1 atom stereocenters. The lowest BCUT2D eigenvalue weighted by atomic mass is 9.86. The SMILES string of the molecule is NC(=O)[C@@H](NC(=O)C(c1ccccc1)c1ccccc1)C1c2ccccc2-c2ccccc21. The molecule has 0 unspecified atom stereocenters. The molecule has 5 rings (SSSR count). The summed E-state index contributed by atoms with van der Waals surface area (Å²) in [4.78, 5) is 26.5. The Balaban J connectivity index is 1.55. The van der Waals surface area contributed by atoms with Gasteiger partial charge in [-0.1, -0.05) is 109 Å². The van der Waals surface area contributed by atoms with Crippen LogP contribution in [0.25, 0.3) is 11.1 Å². The standard InChI is InChI=1S/C29H24N2O2/c30-28(32)27(26-23-17-9-7-15-21(23)22-16-8-10-18-24(22)26)31-29(33)25(19-11-3-1-4-12-19)20-13-5-2-6-14-20/h1-18,25-27H,(H2,30,32)(H,31,33)/t27-/m0/s1. The maximum absolute atomic E-state index is 13.7. The number of nitrogens with two attached hydrogens (primary N) is 1. The highest BCUT2D eigenvalue weighted by Gasteiger charge is 2.39. The summed E-state index contributed by atoms with van der Waals surface area (Å²) < 4.78 is 0. The van der Waals surface area contributed by atoms with E-state index in [4.69, 9.17) is 5.73 Å². The van der Waals surface area contributed by atoms with Crippen LogP contribution in [0.4, 0.5) is 0 Å². The third-order valence-electron chi connectivity index (χ3n) is 6.35. The smallest absolute Gasteiger partial charge is 0.240 e. The Morgan fingerprint density at radius 2 is 1.06 bits per heavy atom. The molecular formula is C29H24N2O2. The summed E-state index contributed by atoms with van der Waals surface area (Å²) >= 11 is 0. The molecule has 1 aliphatic rings. The van der Waals surface area contributed by atoms with Gasteiger partial charge in [-0.2, -0.15) is 0 Å². The van der Waals surface area contributed by atoms with Gasteiger partial charge in [0.15, 0.2) is 0 Å². The molecule has 0 heterocycles. The van der Waals surface area contributed by atoms with E-state index in [1.807, 2.05) is 109 Å². The van der Waals surface area contributed by atoms with Crippen molar-refractivity contribution in [2.45, 2.75) is 17.9 Å². The Kier molecular flexibility index (Phi) is 5.49. The van der Waals surface area contributed by atoms with Gasteiger partial charge >= 0.3 is 0 Å². The second-order valence-corrected chi connectivity index (χ2v) is 8.30. The van der Waals surface area contributed by atoms with Gasteiger partial charge in [-0.3, -0.25) is 9.59 Å². The molecule has 0 aliphatic heterocycles. The van der Waals surface area contributed by atoms with Gasteiger partial charge < -0.3 is 11.1 Å². The number of hydrogen-bond acceptors (Lipinski definition) is 2. The lowest BCUT2D eigenvalue weighted by Crippen LogP contribution is -2.49. The quantitative estimate of drug-likeness (QED) is 0.467. The fourth-order valence-electron chi connectivity index (χ4n) is 4.90. The molecule has 0 spiro atoms. The number of rotatable bonds is 6. The van der Waals surface area contributed by atoms with Crippen molar-refractivity contribution in [2.24, 2.45) is 5.73 Å². The highest BCUT2D eigenvalue weighted by Crippen LogP contribution is 2.46. The number of benzene rings is 4. The van der Waals surface area contributed by atoms with Crippen molar-refractivity contribution in [3.8, 4) is 11.1 Å². The van der Waals surface area contributed by atoms with Gasteiger partial charge in [-0.25, -0.2) is 0 Å². The van der Waals surface area contributed by atoms with Crippen molar-refractivity contribution in [1.82, 2.24) is 5.32 Å². The van der Waals surface area contributed by atoms with E-state index in [0.29, 0.717) is 0 Å². The summed E-state index contributed by atoms with van der Waals surface area (Å²) in [6.07, 6.45) is 0. The van der Waals surface area contributed by atoms with E-state index < -0.39 is 17.9 Å². The van der Waals surface area contributed by atoms with Gasteiger partial charge in [0, 0.05) is 5.92 Å². The zero-order chi connectivity index (χ0) is 22.8. The number of nitrogens with one attached hydrogen (secondary N) is 1. The van der Waals surface area contributed by atoms with Crippen LogP contribution >= 0.6 is 0 Å². The molecule has 0 fully saturated rings. The van der Waals surface area contributed by atoms with Crippen molar-refractivity contribution in [2.75, 3.05) is 0 Å². The van der Waals surface area contributed by atoms with Crippen molar-refractivity contribution in [3.63, 3.8) is 0 Å². The van der Waals surface area contributed by atoms with Crippen LogP contribution in [0.3, 0.4) is 0 Å². The molecule has 0 saturated heterocycles. The number of primary amides is 1. The molecule has 4 heteroatoms. The number of carbonyl (C=O) groups excluding carboxylic acids is 2. The first-order valence-electron chi connectivity index (χ1n) is 11.0. The second kappa shape index (κ2) is 8.75. The highest BCUT2D eigenvalue weighted by atomic mass is 16.2. The Morgan fingerprint density at radius 1 is 0.636 bits per heavy atom. The molecule has 4 aromatic carbocycles. The number of amides is 2. The van der Waals surface area contributed by atoms with Gasteiger partial charge in [0.2, 0.25) is 11.8 Å². The van der Waals surface area contributed by atoms with E-state index in [9.17, 15) is 9.59 Å². The minimum atomic E-state index is -0.878. The summed E-state index contributed by atoms with van der Waals surface area (Å²) in [5, 5.41) is 3.02. The van der Waals surface area contributed by atoms with E-state index in [0.717, 1.165) is 33.4 Å². The van der Waals surface area contributed by atoms with E-state index >= 15 is 0 Å². The summed E-state index contributed by atoms with van der Waals surface area (Å²) in [5.74, 6) is -1.70. The average molecular weight is 433 g/mol. The van der Waals surface area contributed by atoms with E-state index in [-0.39, 0.29) is 11.8 Å². The molecule has 33 heavy (non-hydrogen) atoms. The second-order valence-electron chi connectivity index (χ2n) is 8.30. The summed E-state index contributed by atoms with van der Waals surface area (Å²) in [6.45, 7) is 0. The maximum Gasteiger partial charge on any atom is 0.240 e. The predicted molar refractivity (Wildman–Crippen MR) is 130 cm³/mol. The van der Waals surface area contributed by atoms with E-state index in [2.05, 4.69) is 5.32 Å². The normalized spacial score (nSPS) is 13.2. The van der Waals surface area contributed by atoms with Crippen LogP contribution in [0, 0.1) is 0 Å². The molecule has 0 bridgehead atoms. The Labute approximate surface area is 193 Å². The predicted octanol–water partition coefficient (Wildman–Crippen LogP) is 4.60. The van der Waals surface area contributed by atoms with Gasteiger partial charge in [-0.05, 0) is 33.4 Å². The Morgan fingerprint density at radius 3 is 1.52 bits per heavy atom. The number of hydrogen-bond donors (Lipinski definition) is 2. The van der Waals surface area contributed by atoms with Crippen molar-refractivity contribution < 1.29 is 9.59 Å². The summed E-state index contributed by atoms with van der Waals surface area (Å²) in [7, 11) is 0. The molecular weight excluding hydrogens is 408 g/mol. The molecule has 0 saturated carbocycles. The van der Waals surface area contributed by atoms with Crippen molar-refractivity contribution in [1.29, 1.82) is 0 Å². The zero-order valence-corrected chi connectivity index (χ0v) is 18.0. The van der Waals surface area contributed by atoms with Crippen LogP contribution in [-0.2, 0) is 9.59 Å². The third-order valence-corrected chi connectivity index (χ3v) is 6.35. The van der Waals surface area contributed by atoms with Gasteiger partial charge in [0.05, 0.1) is 5.92 Å². The molecule has 4 aromatic rings. The molecule has 4 nitrogen and oxygen atoms in total. The third kappa shape index (κ3) is 3.80. The minimum Gasteiger partial charge on any atom is -0.368 e. The minimum absolute atomic E-state index is 0.252. The Bertz CT molecular complexity index is 1220. The first-order chi connectivity index (χ1) is 16.1. The van der Waals surface area contributed by atoms with Gasteiger partial charge in [-0.15, -0.1) is 0 Å². The van der Waals surface area contributed by atoms with Crippen LogP contribution in [0.15, 0.2) is 109 Å². The van der Waals surface area contributed by atoms with Gasteiger partial charge in [0.25, 0.3) is 0 Å². The maximum atomic E-state index is 13.7. The van der Waals surface area contributed by atoms with Crippen LogP contribution < -0.4 is 11.1 Å². The molecule has 3 N–H and O–H groups in total. The molecule has 0 aromatic heterocycles.